The van der Waals surface area contributed by atoms with Crippen LogP contribution in [0.15, 0.2) is 18.2 Å². The van der Waals surface area contributed by atoms with Gasteiger partial charge in [-0.1, -0.05) is 6.07 Å². The van der Waals surface area contributed by atoms with E-state index in [1.165, 1.54) is 13.2 Å². The molecule has 1 fully saturated rings. The summed E-state index contributed by atoms with van der Waals surface area (Å²) in [7, 11) is 1.37. The molecule has 0 saturated carbocycles. The summed E-state index contributed by atoms with van der Waals surface area (Å²) in [5.74, 6) is 0.349. The van der Waals surface area contributed by atoms with Crippen molar-refractivity contribution in [3.05, 3.63) is 23.8 Å². The number of alkyl halides is 3. The lowest BCUT2D eigenvalue weighted by atomic mass is 10.1. The van der Waals surface area contributed by atoms with Crippen LogP contribution in [0.1, 0.15) is 18.4 Å². The van der Waals surface area contributed by atoms with E-state index in [9.17, 15) is 18.0 Å². The van der Waals surface area contributed by atoms with E-state index in [-0.39, 0.29) is 17.4 Å². The molecular weight excluding hydrogens is 337 g/mol. The third kappa shape index (κ3) is 6.45. The predicted octanol–water partition coefficient (Wildman–Crippen LogP) is 2.39. The Kier molecular flexibility index (Phi) is 6.92. The molecule has 5 nitrogen and oxygen atoms in total. The second-order valence-corrected chi connectivity index (χ2v) is 5.87. The Morgan fingerprint density at radius 2 is 2.04 bits per heavy atom. The molecule has 1 N–H and O–H groups in total. The Balaban J connectivity index is 1.92. The molecule has 1 aromatic rings. The molecule has 0 radical (unpaired) electrons. The summed E-state index contributed by atoms with van der Waals surface area (Å²) in [4.78, 5) is 14.1. The highest BCUT2D eigenvalue weighted by Crippen LogP contribution is 2.30. The van der Waals surface area contributed by atoms with Crippen molar-refractivity contribution in [2.45, 2.75) is 25.4 Å². The smallest absolute Gasteiger partial charge is 0.422 e. The number of nitrogens with zero attached hydrogens (tertiary/aromatic N) is 1. The van der Waals surface area contributed by atoms with Gasteiger partial charge in [0.25, 0.3) is 0 Å². The van der Waals surface area contributed by atoms with Gasteiger partial charge in [-0.15, -0.1) is 0 Å². The van der Waals surface area contributed by atoms with Gasteiger partial charge in [-0.2, -0.15) is 13.2 Å². The van der Waals surface area contributed by atoms with Crippen LogP contribution in [0.2, 0.25) is 0 Å². The van der Waals surface area contributed by atoms with Gasteiger partial charge < -0.3 is 19.7 Å². The Morgan fingerprint density at radius 3 is 2.76 bits per heavy atom. The summed E-state index contributed by atoms with van der Waals surface area (Å²) in [5.41, 5.74) is 0.817. The third-order valence-electron chi connectivity index (χ3n) is 3.94. The summed E-state index contributed by atoms with van der Waals surface area (Å²) < 4.78 is 46.6. The number of ether oxygens (including phenoxy) is 2. The Hall–Kier alpha value is -1.96. The molecule has 1 aromatic carbocycles. The molecule has 1 amide bonds. The minimum Gasteiger partial charge on any atom is -0.493 e. The van der Waals surface area contributed by atoms with Gasteiger partial charge in [0, 0.05) is 26.1 Å². The second kappa shape index (κ2) is 8.94. The van der Waals surface area contributed by atoms with Gasteiger partial charge in [0.2, 0.25) is 5.91 Å². The van der Waals surface area contributed by atoms with Crippen LogP contribution in [0.3, 0.4) is 0 Å². The maximum Gasteiger partial charge on any atom is 0.422 e. The molecule has 0 unspecified atom stereocenters. The minimum absolute atomic E-state index is 0.0356. The van der Waals surface area contributed by atoms with Crippen LogP contribution in [-0.4, -0.2) is 56.9 Å². The molecule has 25 heavy (non-hydrogen) atoms. The number of carbonyl (C=O) groups is 1. The lowest BCUT2D eigenvalue weighted by Gasteiger charge is -2.20. The molecule has 1 aliphatic heterocycles. The van der Waals surface area contributed by atoms with Gasteiger partial charge in [0.1, 0.15) is 0 Å². The number of aryl methyl sites for hydroxylation is 1. The van der Waals surface area contributed by atoms with E-state index in [0.717, 1.165) is 31.6 Å². The van der Waals surface area contributed by atoms with Crippen LogP contribution in [0.25, 0.3) is 0 Å². The summed E-state index contributed by atoms with van der Waals surface area (Å²) in [6, 6.07) is 4.72. The molecular formula is C17H23F3N2O3. The van der Waals surface area contributed by atoms with Gasteiger partial charge in [-0.25, -0.2) is 0 Å². The molecule has 0 spiro atoms. The van der Waals surface area contributed by atoms with E-state index in [2.05, 4.69) is 5.32 Å². The first-order chi connectivity index (χ1) is 11.9. The van der Waals surface area contributed by atoms with Crippen molar-refractivity contribution in [3.63, 3.8) is 0 Å². The lowest BCUT2D eigenvalue weighted by Crippen LogP contribution is -2.34. The Labute approximate surface area is 145 Å². The second-order valence-electron chi connectivity index (χ2n) is 5.87. The number of hydrogen-bond acceptors (Lipinski definition) is 4. The van der Waals surface area contributed by atoms with E-state index < -0.39 is 12.8 Å². The number of hydrogen-bond donors (Lipinski definition) is 1. The van der Waals surface area contributed by atoms with Gasteiger partial charge in [-0.05, 0) is 37.1 Å². The van der Waals surface area contributed by atoms with Crippen molar-refractivity contribution in [1.82, 2.24) is 10.2 Å². The number of rotatable bonds is 6. The molecule has 1 heterocycles. The zero-order chi connectivity index (χ0) is 18.3. The average Bonchev–Trinajstić information content (AvgIpc) is 2.86. The molecule has 0 aromatic heterocycles. The normalized spacial score (nSPS) is 15.6. The minimum atomic E-state index is -4.40. The summed E-state index contributed by atoms with van der Waals surface area (Å²) >= 11 is 0. The number of methoxy groups -OCH3 is 1. The predicted molar refractivity (Wildman–Crippen MR) is 86.9 cm³/mol. The molecule has 8 heteroatoms. The van der Waals surface area contributed by atoms with Gasteiger partial charge in [0.05, 0.1) is 7.11 Å². The van der Waals surface area contributed by atoms with Gasteiger partial charge in [-0.3, -0.25) is 4.79 Å². The fourth-order valence-corrected chi connectivity index (χ4v) is 2.65. The van der Waals surface area contributed by atoms with Crippen molar-refractivity contribution >= 4 is 5.91 Å². The van der Waals surface area contributed by atoms with Crippen molar-refractivity contribution in [3.8, 4) is 11.5 Å². The van der Waals surface area contributed by atoms with Gasteiger partial charge >= 0.3 is 6.18 Å². The SMILES string of the molecule is COc1cc(CCC(=O)N2CCCNCC2)ccc1OCC(F)(F)F. The Bertz CT molecular complexity index is 571. The zero-order valence-electron chi connectivity index (χ0n) is 14.2. The van der Waals surface area contributed by atoms with E-state index in [4.69, 9.17) is 9.47 Å². The number of amides is 1. The molecule has 1 saturated heterocycles. The first kappa shape index (κ1) is 19.4. The van der Waals surface area contributed by atoms with Crippen LogP contribution in [0.5, 0.6) is 11.5 Å². The monoisotopic (exact) mass is 360 g/mol. The van der Waals surface area contributed by atoms with Crippen LogP contribution < -0.4 is 14.8 Å². The Morgan fingerprint density at radius 1 is 1.24 bits per heavy atom. The molecule has 0 atom stereocenters. The van der Waals surface area contributed by atoms with E-state index in [1.807, 2.05) is 4.90 Å². The van der Waals surface area contributed by atoms with Crippen LogP contribution in [-0.2, 0) is 11.2 Å². The van der Waals surface area contributed by atoms with Crippen molar-refractivity contribution in [2.24, 2.45) is 0 Å². The topological polar surface area (TPSA) is 50.8 Å². The van der Waals surface area contributed by atoms with Crippen molar-refractivity contribution in [2.75, 3.05) is 39.9 Å². The highest BCUT2D eigenvalue weighted by atomic mass is 19.4. The number of nitrogens with one attached hydrogen (secondary N) is 1. The molecule has 2 rings (SSSR count). The number of halogens is 3. The van der Waals surface area contributed by atoms with Crippen LogP contribution in [0.4, 0.5) is 13.2 Å². The zero-order valence-corrected chi connectivity index (χ0v) is 14.2. The lowest BCUT2D eigenvalue weighted by molar-refractivity contribution is -0.153. The molecule has 1 aliphatic rings. The van der Waals surface area contributed by atoms with E-state index in [0.29, 0.717) is 19.4 Å². The van der Waals surface area contributed by atoms with Crippen LogP contribution in [0, 0.1) is 0 Å². The maximum absolute atomic E-state index is 12.3. The van der Waals surface area contributed by atoms with Gasteiger partial charge in [0.15, 0.2) is 18.1 Å². The molecule has 140 valence electrons. The fraction of sp³-hybridized carbons (Fsp3) is 0.588. The third-order valence-corrected chi connectivity index (χ3v) is 3.94. The fourth-order valence-electron chi connectivity index (χ4n) is 2.65. The highest BCUT2D eigenvalue weighted by molar-refractivity contribution is 5.76. The van der Waals surface area contributed by atoms with Crippen molar-refractivity contribution in [1.29, 1.82) is 0 Å². The first-order valence-electron chi connectivity index (χ1n) is 8.24. The number of benzene rings is 1. The average molecular weight is 360 g/mol. The number of carbonyl (C=O) groups excluding carboxylic acids is 1. The van der Waals surface area contributed by atoms with Crippen molar-refractivity contribution < 1.29 is 27.4 Å². The first-order valence-corrected chi connectivity index (χ1v) is 8.24. The summed E-state index contributed by atoms with van der Waals surface area (Å²) in [6.45, 7) is 1.79. The highest BCUT2D eigenvalue weighted by Gasteiger charge is 2.29. The van der Waals surface area contributed by atoms with Crippen LogP contribution >= 0.6 is 0 Å². The standard InChI is InChI=1S/C17H23F3N2O3/c1-24-15-11-13(3-5-14(15)25-12-17(18,19)20)4-6-16(23)22-9-2-7-21-8-10-22/h3,5,11,21H,2,4,6-10,12H2,1H3. The summed E-state index contributed by atoms with van der Waals surface area (Å²) in [6.07, 6.45) is -2.62. The quantitative estimate of drug-likeness (QED) is 0.846. The summed E-state index contributed by atoms with van der Waals surface area (Å²) in [5, 5.41) is 3.25. The van der Waals surface area contributed by atoms with E-state index >= 15 is 0 Å². The van der Waals surface area contributed by atoms with E-state index in [1.54, 1.807) is 12.1 Å². The molecule has 0 aliphatic carbocycles. The largest absolute Gasteiger partial charge is 0.493 e. The molecule has 0 bridgehead atoms. The maximum atomic E-state index is 12.3.